The lowest BCUT2D eigenvalue weighted by Crippen LogP contribution is -2.30. The fourth-order valence-corrected chi connectivity index (χ4v) is 3.93. The molecule has 1 amide bonds. The predicted octanol–water partition coefficient (Wildman–Crippen LogP) is 5.24. The summed E-state index contributed by atoms with van der Waals surface area (Å²) in [5, 5.41) is 11.1. The quantitative estimate of drug-likeness (QED) is 0.314. The first-order valence-corrected chi connectivity index (χ1v) is 11.3. The molecule has 0 atom stereocenters. The van der Waals surface area contributed by atoms with Crippen LogP contribution in [0.5, 0.6) is 0 Å². The number of benzene rings is 2. The standard InChI is InChI=1S/C26H25N7O/c1-3-33(4-2)26(34)23-13-18-5-6-19(14-22(18)31-23)25-27-12-11-24(32-25)30-21-9-7-17(8-10-21)20-15-28-29-16-20/h5-16,31H,3-4H2,1-2H3,(H,28,29)(H,27,30,32). The fraction of sp³-hybridized carbons (Fsp3) is 0.154. The van der Waals surface area contributed by atoms with Gasteiger partial charge in [0.05, 0.1) is 6.20 Å². The van der Waals surface area contributed by atoms with E-state index in [9.17, 15) is 4.79 Å². The SMILES string of the molecule is CCN(CC)C(=O)c1cc2ccc(-c3nccc(Nc4ccc(-c5cn[nH]c5)cc4)n3)cc2[nH]1. The molecule has 2 aromatic carbocycles. The largest absolute Gasteiger partial charge is 0.351 e. The van der Waals surface area contributed by atoms with Crippen molar-refractivity contribution in [3.05, 3.63) is 78.9 Å². The Morgan fingerprint density at radius 3 is 2.50 bits per heavy atom. The molecular formula is C26H25N7O. The zero-order chi connectivity index (χ0) is 23.5. The van der Waals surface area contributed by atoms with Crippen LogP contribution in [0.1, 0.15) is 24.3 Å². The summed E-state index contributed by atoms with van der Waals surface area (Å²) in [6.07, 6.45) is 5.39. The number of hydrogen-bond acceptors (Lipinski definition) is 5. The van der Waals surface area contributed by atoms with Crippen LogP contribution in [0.25, 0.3) is 33.4 Å². The smallest absolute Gasteiger partial charge is 0.270 e. The van der Waals surface area contributed by atoms with Gasteiger partial charge in [-0.15, -0.1) is 0 Å². The summed E-state index contributed by atoms with van der Waals surface area (Å²) in [6.45, 7) is 5.31. The number of anilines is 2. The molecule has 34 heavy (non-hydrogen) atoms. The first-order valence-electron chi connectivity index (χ1n) is 11.3. The van der Waals surface area contributed by atoms with Gasteiger partial charge in [0.15, 0.2) is 5.82 Å². The van der Waals surface area contributed by atoms with Gasteiger partial charge in [-0.2, -0.15) is 5.10 Å². The van der Waals surface area contributed by atoms with Gasteiger partial charge >= 0.3 is 0 Å². The molecule has 8 nitrogen and oxygen atoms in total. The minimum Gasteiger partial charge on any atom is -0.351 e. The van der Waals surface area contributed by atoms with E-state index in [1.165, 1.54) is 0 Å². The molecule has 0 bridgehead atoms. The molecule has 0 saturated carbocycles. The third kappa shape index (κ3) is 4.25. The van der Waals surface area contributed by atoms with Gasteiger partial charge < -0.3 is 15.2 Å². The Morgan fingerprint density at radius 2 is 1.76 bits per heavy atom. The molecule has 5 aromatic rings. The first kappa shape index (κ1) is 21.4. The van der Waals surface area contributed by atoms with Crippen LogP contribution in [-0.2, 0) is 0 Å². The molecule has 0 saturated heterocycles. The molecule has 0 aliphatic carbocycles. The summed E-state index contributed by atoms with van der Waals surface area (Å²) < 4.78 is 0. The van der Waals surface area contributed by atoms with Crippen LogP contribution in [-0.4, -0.2) is 49.0 Å². The van der Waals surface area contributed by atoms with Crippen molar-refractivity contribution in [3.8, 4) is 22.5 Å². The molecule has 0 unspecified atom stereocenters. The van der Waals surface area contributed by atoms with E-state index in [4.69, 9.17) is 0 Å². The number of rotatable bonds is 7. The van der Waals surface area contributed by atoms with Crippen molar-refractivity contribution >= 4 is 28.3 Å². The van der Waals surface area contributed by atoms with Gasteiger partial charge in [0, 0.05) is 53.2 Å². The van der Waals surface area contributed by atoms with Crippen LogP contribution in [0, 0.1) is 0 Å². The third-order valence-corrected chi connectivity index (χ3v) is 5.81. The maximum Gasteiger partial charge on any atom is 0.270 e. The van der Waals surface area contributed by atoms with Gasteiger partial charge in [0.25, 0.3) is 5.91 Å². The number of H-pyrrole nitrogens is 2. The van der Waals surface area contributed by atoms with Crippen LogP contribution in [0.4, 0.5) is 11.5 Å². The van der Waals surface area contributed by atoms with Crippen molar-refractivity contribution in [1.29, 1.82) is 0 Å². The minimum atomic E-state index is 0.00369. The summed E-state index contributed by atoms with van der Waals surface area (Å²) in [5.74, 6) is 1.31. The second kappa shape index (κ2) is 9.19. The maximum atomic E-state index is 12.7. The minimum absolute atomic E-state index is 0.00369. The Morgan fingerprint density at radius 1 is 0.971 bits per heavy atom. The van der Waals surface area contributed by atoms with Gasteiger partial charge in [-0.1, -0.05) is 24.3 Å². The molecule has 0 aliphatic rings. The molecule has 0 spiro atoms. The second-order valence-electron chi connectivity index (χ2n) is 7.92. The summed E-state index contributed by atoms with van der Waals surface area (Å²) in [4.78, 5) is 26.9. The summed E-state index contributed by atoms with van der Waals surface area (Å²) in [5.41, 5.74) is 5.39. The highest BCUT2D eigenvalue weighted by Gasteiger charge is 2.15. The van der Waals surface area contributed by atoms with Crippen LogP contribution >= 0.6 is 0 Å². The molecule has 0 fully saturated rings. The van der Waals surface area contributed by atoms with E-state index in [2.05, 4.69) is 30.5 Å². The van der Waals surface area contributed by atoms with E-state index in [0.29, 0.717) is 30.4 Å². The maximum absolute atomic E-state index is 12.7. The lowest BCUT2D eigenvalue weighted by Gasteiger charge is -2.17. The van der Waals surface area contributed by atoms with Crippen LogP contribution in [0.15, 0.2) is 73.2 Å². The number of carbonyl (C=O) groups excluding carboxylic acids is 1. The molecule has 8 heteroatoms. The predicted molar refractivity (Wildman–Crippen MR) is 134 cm³/mol. The number of amides is 1. The number of aromatic nitrogens is 5. The van der Waals surface area contributed by atoms with Gasteiger partial charge in [0.1, 0.15) is 11.5 Å². The van der Waals surface area contributed by atoms with Crippen molar-refractivity contribution in [2.45, 2.75) is 13.8 Å². The Bertz CT molecular complexity index is 1420. The van der Waals surface area contributed by atoms with E-state index in [0.717, 1.165) is 33.3 Å². The Hall–Kier alpha value is -4.46. The molecular weight excluding hydrogens is 426 g/mol. The van der Waals surface area contributed by atoms with Crippen LogP contribution in [0.3, 0.4) is 0 Å². The van der Waals surface area contributed by atoms with Gasteiger partial charge in [-0.3, -0.25) is 9.89 Å². The Labute approximate surface area is 197 Å². The Kier molecular flexibility index (Phi) is 5.78. The van der Waals surface area contributed by atoms with Crippen molar-refractivity contribution in [2.75, 3.05) is 18.4 Å². The number of fused-ring (bicyclic) bond motifs is 1. The van der Waals surface area contributed by atoms with E-state index in [-0.39, 0.29) is 5.91 Å². The van der Waals surface area contributed by atoms with E-state index < -0.39 is 0 Å². The Balaban J connectivity index is 1.37. The molecule has 3 heterocycles. The zero-order valence-electron chi connectivity index (χ0n) is 19.0. The average molecular weight is 452 g/mol. The second-order valence-corrected chi connectivity index (χ2v) is 7.92. The molecule has 0 aliphatic heterocycles. The van der Waals surface area contributed by atoms with Crippen molar-refractivity contribution in [3.63, 3.8) is 0 Å². The molecule has 5 rings (SSSR count). The molecule has 3 N–H and O–H groups in total. The normalized spacial score (nSPS) is 11.0. The fourth-order valence-electron chi connectivity index (χ4n) is 3.93. The summed E-state index contributed by atoms with van der Waals surface area (Å²) in [6, 6.07) is 17.7. The lowest BCUT2D eigenvalue weighted by molar-refractivity contribution is 0.0768. The van der Waals surface area contributed by atoms with Gasteiger partial charge in [0.2, 0.25) is 0 Å². The highest BCUT2D eigenvalue weighted by Crippen LogP contribution is 2.25. The summed E-state index contributed by atoms with van der Waals surface area (Å²) >= 11 is 0. The van der Waals surface area contributed by atoms with E-state index in [1.54, 1.807) is 17.3 Å². The highest BCUT2D eigenvalue weighted by atomic mass is 16.2. The van der Waals surface area contributed by atoms with Gasteiger partial charge in [-0.05, 0) is 49.7 Å². The topological polar surface area (TPSA) is 103 Å². The zero-order valence-corrected chi connectivity index (χ0v) is 19.0. The highest BCUT2D eigenvalue weighted by molar-refractivity contribution is 5.98. The molecule has 170 valence electrons. The van der Waals surface area contributed by atoms with E-state index in [1.807, 2.05) is 74.6 Å². The number of nitrogens with zero attached hydrogens (tertiary/aromatic N) is 4. The number of carbonyl (C=O) groups is 1. The average Bonchev–Trinajstić information content (AvgIpc) is 3.55. The van der Waals surface area contributed by atoms with Crippen molar-refractivity contribution in [1.82, 2.24) is 30.0 Å². The van der Waals surface area contributed by atoms with Crippen LogP contribution < -0.4 is 5.32 Å². The third-order valence-electron chi connectivity index (χ3n) is 5.81. The monoisotopic (exact) mass is 451 g/mol. The molecule has 0 radical (unpaired) electrons. The number of aromatic amines is 2. The number of hydrogen-bond donors (Lipinski definition) is 3. The van der Waals surface area contributed by atoms with Gasteiger partial charge in [-0.25, -0.2) is 9.97 Å². The van der Waals surface area contributed by atoms with Crippen LogP contribution in [0.2, 0.25) is 0 Å². The van der Waals surface area contributed by atoms with Crippen molar-refractivity contribution in [2.24, 2.45) is 0 Å². The van der Waals surface area contributed by atoms with E-state index >= 15 is 0 Å². The number of nitrogens with one attached hydrogen (secondary N) is 3. The first-order chi connectivity index (χ1) is 16.6. The lowest BCUT2D eigenvalue weighted by atomic mass is 10.1. The van der Waals surface area contributed by atoms with Crippen molar-refractivity contribution < 1.29 is 4.79 Å². The summed E-state index contributed by atoms with van der Waals surface area (Å²) in [7, 11) is 0. The molecule has 3 aromatic heterocycles.